The van der Waals surface area contributed by atoms with Crippen molar-refractivity contribution in [2.45, 2.75) is 52.1 Å². The summed E-state index contributed by atoms with van der Waals surface area (Å²) in [7, 11) is -2.90. The first kappa shape index (κ1) is 14.0. The number of sulfone groups is 1. The molecule has 1 saturated carbocycles. The van der Waals surface area contributed by atoms with Crippen LogP contribution in [0.1, 0.15) is 46.5 Å². The number of hydrogen-bond acceptors (Lipinski definition) is 3. The van der Waals surface area contributed by atoms with Crippen molar-refractivity contribution >= 4 is 9.84 Å². The lowest BCUT2D eigenvalue weighted by Gasteiger charge is -2.25. The van der Waals surface area contributed by atoms with E-state index in [1.807, 2.05) is 20.8 Å². The van der Waals surface area contributed by atoms with Crippen LogP contribution >= 0.6 is 0 Å². The summed E-state index contributed by atoms with van der Waals surface area (Å²) in [5.41, 5.74) is -0.247. The molecule has 1 rings (SSSR count). The molecule has 0 atom stereocenters. The highest BCUT2D eigenvalue weighted by Gasteiger charge is 2.21. The van der Waals surface area contributed by atoms with Crippen LogP contribution in [0.3, 0.4) is 0 Å². The van der Waals surface area contributed by atoms with E-state index in [1.165, 1.54) is 19.3 Å². The van der Waals surface area contributed by atoms with Crippen molar-refractivity contribution in [3.05, 3.63) is 0 Å². The Morgan fingerprint density at radius 3 is 2.25 bits per heavy atom. The highest BCUT2D eigenvalue weighted by molar-refractivity contribution is 7.91. The van der Waals surface area contributed by atoms with E-state index >= 15 is 0 Å². The molecule has 0 heterocycles. The van der Waals surface area contributed by atoms with Crippen molar-refractivity contribution in [3.8, 4) is 0 Å². The van der Waals surface area contributed by atoms with Gasteiger partial charge in [-0.1, -0.05) is 19.3 Å². The molecule has 0 saturated heterocycles. The van der Waals surface area contributed by atoms with Gasteiger partial charge in [0.05, 0.1) is 23.7 Å². The van der Waals surface area contributed by atoms with Gasteiger partial charge in [0.25, 0.3) is 0 Å². The highest BCUT2D eigenvalue weighted by Crippen LogP contribution is 2.29. The van der Waals surface area contributed by atoms with Gasteiger partial charge in [0.2, 0.25) is 0 Å². The number of ether oxygens (including phenoxy) is 1. The molecule has 1 fully saturated rings. The lowest BCUT2D eigenvalue weighted by molar-refractivity contribution is 0.00644. The topological polar surface area (TPSA) is 43.4 Å². The van der Waals surface area contributed by atoms with E-state index in [0.29, 0.717) is 18.3 Å². The molecular weight excluding hydrogens is 224 g/mol. The molecule has 0 radical (unpaired) electrons. The van der Waals surface area contributed by atoms with Crippen LogP contribution in [0, 0.1) is 5.92 Å². The van der Waals surface area contributed by atoms with Gasteiger partial charge in [-0.25, -0.2) is 8.42 Å². The van der Waals surface area contributed by atoms with E-state index in [4.69, 9.17) is 4.74 Å². The second-order valence-electron chi connectivity index (χ2n) is 5.70. The van der Waals surface area contributed by atoms with Gasteiger partial charge >= 0.3 is 0 Å². The van der Waals surface area contributed by atoms with E-state index in [1.54, 1.807) is 0 Å². The zero-order valence-electron chi connectivity index (χ0n) is 10.7. The van der Waals surface area contributed by atoms with Gasteiger partial charge in [-0.15, -0.1) is 0 Å². The maximum absolute atomic E-state index is 11.7. The molecule has 0 aromatic rings. The Balaban J connectivity index is 2.17. The van der Waals surface area contributed by atoms with Gasteiger partial charge in [0, 0.05) is 0 Å². The second kappa shape index (κ2) is 5.50. The average Bonchev–Trinajstić information content (AvgIpc) is 1.97. The molecule has 4 heteroatoms. The molecule has 0 aliphatic heterocycles. The molecule has 1 aliphatic rings. The monoisotopic (exact) mass is 248 g/mol. The minimum atomic E-state index is -2.90. The van der Waals surface area contributed by atoms with Gasteiger partial charge in [-0.3, -0.25) is 0 Å². The van der Waals surface area contributed by atoms with Crippen LogP contribution in [-0.2, 0) is 14.6 Å². The van der Waals surface area contributed by atoms with Gasteiger partial charge in [-0.2, -0.15) is 0 Å². The summed E-state index contributed by atoms with van der Waals surface area (Å²) in [6.07, 6.45) is 4.55. The third-order valence-electron chi connectivity index (χ3n) is 2.99. The zero-order chi connectivity index (χ0) is 12.2. The first-order valence-corrected chi connectivity index (χ1v) is 7.95. The largest absolute Gasteiger partial charge is 0.375 e. The molecule has 0 spiro atoms. The molecule has 0 bridgehead atoms. The summed E-state index contributed by atoms with van der Waals surface area (Å²) >= 11 is 0. The Labute approximate surface area is 99.5 Å². The Kier molecular flexibility index (Phi) is 4.80. The van der Waals surface area contributed by atoms with Crippen molar-refractivity contribution in [3.63, 3.8) is 0 Å². The molecule has 0 aromatic carbocycles. The summed E-state index contributed by atoms with van der Waals surface area (Å²) in [5, 5.41) is 0. The van der Waals surface area contributed by atoms with E-state index < -0.39 is 9.84 Å². The maximum atomic E-state index is 11.7. The SMILES string of the molecule is CC(C)(C)OCCS(=O)(=O)CCC1CCC1. The smallest absolute Gasteiger partial charge is 0.152 e. The molecule has 0 N–H and O–H groups in total. The lowest BCUT2D eigenvalue weighted by Crippen LogP contribution is -2.25. The van der Waals surface area contributed by atoms with Crippen molar-refractivity contribution in [1.29, 1.82) is 0 Å². The Hall–Kier alpha value is -0.0900. The first-order chi connectivity index (χ1) is 7.29. The second-order valence-corrected chi connectivity index (χ2v) is 8.00. The minimum absolute atomic E-state index is 0.164. The van der Waals surface area contributed by atoms with E-state index in [9.17, 15) is 8.42 Å². The molecule has 96 valence electrons. The highest BCUT2D eigenvalue weighted by atomic mass is 32.2. The van der Waals surface area contributed by atoms with Crippen LogP contribution in [0.5, 0.6) is 0 Å². The fraction of sp³-hybridized carbons (Fsp3) is 1.00. The normalized spacial score (nSPS) is 18.4. The Morgan fingerprint density at radius 1 is 1.19 bits per heavy atom. The average molecular weight is 248 g/mol. The zero-order valence-corrected chi connectivity index (χ0v) is 11.5. The third kappa shape index (κ3) is 5.85. The molecular formula is C12H24O3S. The summed E-state index contributed by atoms with van der Waals surface area (Å²) in [5.74, 6) is 1.17. The van der Waals surface area contributed by atoms with Crippen LogP contribution < -0.4 is 0 Å². The standard InChI is InChI=1S/C12H24O3S/c1-12(2,3)15-8-10-16(13,14)9-7-11-5-4-6-11/h11H,4-10H2,1-3H3. The van der Waals surface area contributed by atoms with Crippen LogP contribution in [0.25, 0.3) is 0 Å². The molecule has 3 nitrogen and oxygen atoms in total. The third-order valence-corrected chi connectivity index (χ3v) is 4.64. The predicted molar refractivity (Wildman–Crippen MR) is 66.3 cm³/mol. The fourth-order valence-electron chi connectivity index (χ4n) is 1.70. The van der Waals surface area contributed by atoms with E-state index in [0.717, 1.165) is 6.42 Å². The predicted octanol–water partition coefficient (Wildman–Crippen LogP) is 2.41. The summed E-state index contributed by atoms with van der Waals surface area (Å²) in [6, 6.07) is 0. The maximum Gasteiger partial charge on any atom is 0.152 e. The minimum Gasteiger partial charge on any atom is -0.375 e. The lowest BCUT2D eigenvalue weighted by atomic mass is 9.84. The number of hydrogen-bond donors (Lipinski definition) is 0. The number of rotatable bonds is 6. The molecule has 0 amide bonds. The van der Waals surface area contributed by atoms with E-state index in [-0.39, 0.29) is 11.4 Å². The Morgan fingerprint density at radius 2 is 1.81 bits per heavy atom. The van der Waals surface area contributed by atoms with Gasteiger partial charge < -0.3 is 4.74 Å². The van der Waals surface area contributed by atoms with Crippen molar-refractivity contribution < 1.29 is 13.2 Å². The van der Waals surface area contributed by atoms with Crippen molar-refractivity contribution in [2.75, 3.05) is 18.1 Å². The quantitative estimate of drug-likeness (QED) is 0.725. The van der Waals surface area contributed by atoms with Crippen molar-refractivity contribution in [2.24, 2.45) is 5.92 Å². The summed E-state index contributed by atoms with van der Waals surface area (Å²) < 4.78 is 28.8. The van der Waals surface area contributed by atoms with Crippen molar-refractivity contribution in [1.82, 2.24) is 0 Å². The van der Waals surface area contributed by atoms with Gasteiger partial charge in [-0.05, 0) is 33.1 Å². The first-order valence-electron chi connectivity index (χ1n) is 6.13. The summed E-state index contributed by atoms with van der Waals surface area (Å²) in [4.78, 5) is 0. The fourth-order valence-corrected chi connectivity index (χ4v) is 2.94. The van der Waals surface area contributed by atoms with Gasteiger partial charge in [0.1, 0.15) is 0 Å². The molecule has 1 aliphatic carbocycles. The van der Waals surface area contributed by atoms with Crippen LogP contribution in [0.4, 0.5) is 0 Å². The van der Waals surface area contributed by atoms with Crippen LogP contribution in [0.15, 0.2) is 0 Å². The molecule has 0 unspecified atom stereocenters. The van der Waals surface area contributed by atoms with Crippen LogP contribution in [0.2, 0.25) is 0 Å². The van der Waals surface area contributed by atoms with Crippen LogP contribution in [-0.4, -0.2) is 32.1 Å². The van der Waals surface area contributed by atoms with E-state index in [2.05, 4.69) is 0 Å². The molecule has 16 heavy (non-hydrogen) atoms. The summed E-state index contributed by atoms with van der Waals surface area (Å²) in [6.45, 7) is 6.13. The molecule has 0 aromatic heterocycles. The van der Waals surface area contributed by atoms with Gasteiger partial charge in [0.15, 0.2) is 9.84 Å². The Bertz CT molecular complexity index is 297.